The monoisotopic (exact) mass is 328 g/mol. The molecule has 0 saturated carbocycles. The Morgan fingerprint density at radius 3 is 2.75 bits per heavy atom. The Labute approximate surface area is 141 Å². The van der Waals surface area contributed by atoms with Crippen molar-refractivity contribution >= 4 is 5.91 Å². The van der Waals surface area contributed by atoms with Crippen LogP contribution in [0.2, 0.25) is 0 Å². The van der Waals surface area contributed by atoms with Gasteiger partial charge in [-0.3, -0.25) is 4.79 Å². The number of carbonyl (C=O) groups is 1. The fraction of sp³-hybridized carbons (Fsp3) is 0.316. The average Bonchev–Trinajstić information content (AvgIpc) is 2.61. The van der Waals surface area contributed by atoms with Crippen LogP contribution in [0.5, 0.6) is 5.75 Å². The molecule has 0 fully saturated rings. The summed E-state index contributed by atoms with van der Waals surface area (Å²) < 4.78 is 18.7. The molecule has 1 aliphatic rings. The zero-order valence-corrected chi connectivity index (χ0v) is 13.8. The molecule has 24 heavy (non-hydrogen) atoms. The number of nitrogens with one attached hydrogen (secondary N) is 2. The molecule has 2 atom stereocenters. The molecular formula is C19H21FN2O2. The minimum atomic E-state index is -0.430. The highest BCUT2D eigenvalue weighted by atomic mass is 19.1. The van der Waals surface area contributed by atoms with Gasteiger partial charge in [0.2, 0.25) is 5.91 Å². The van der Waals surface area contributed by atoms with Gasteiger partial charge in [-0.25, -0.2) is 4.39 Å². The van der Waals surface area contributed by atoms with Gasteiger partial charge in [0.05, 0.1) is 19.2 Å². The summed E-state index contributed by atoms with van der Waals surface area (Å²) in [6.07, 6.45) is 0.658. The number of rotatable bonds is 4. The number of ether oxygens (including phenoxy) is 1. The van der Waals surface area contributed by atoms with E-state index in [4.69, 9.17) is 4.74 Å². The topological polar surface area (TPSA) is 50.4 Å². The van der Waals surface area contributed by atoms with Crippen molar-refractivity contribution in [3.05, 3.63) is 65.0 Å². The van der Waals surface area contributed by atoms with E-state index in [-0.39, 0.29) is 23.7 Å². The maximum Gasteiger partial charge on any atom is 0.237 e. The molecule has 126 valence electrons. The smallest absolute Gasteiger partial charge is 0.237 e. The Morgan fingerprint density at radius 1 is 1.29 bits per heavy atom. The molecule has 3 rings (SSSR count). The predicted octanol–water partition coefficient (Wildman–Crippen LogP) is 2.73. The summed E-state index contributed by atoms with van der Waals surface area (Å²) >= 11 is 0. The molecule has 1 amide bonds. The lowest BCUT2D eigenvalue weighted by Crippen LogP contribution is -2.48. The summed E-state index contributed by atoms with van der Waals surface area (Å²) in [5, 5.41) is 6.21. The minimum Gasteiger partial charge on any atom is -0.494 e. The Hall–Kier alpha value is -2.40. The summed E-state index contributed by atoms with van der Waals surface area (Å²) in [4.78, 5) is 12.5. The number of hydrogen-bond acceptors (Lipinski definition) is 3. The number of methoxy groups -OCH3 is 1. The van der Waals surface area contributed by atoms with Crippen molar-refractivity contribution in [1.82, 2.24) is 10.6 Å². The lowest BCUT2D eigenvalue weighted by molar-refractivity contribution is -0.124. The molecule has 2 aromatic rings. The van der Waals surface area contributed by atoms with Gasteiger partial charge in [-0.1, -0.05) is 30.3 Å². The van der Waals surface area contributed by atoms with Crippen LogP contribution in [0.15, 0.2) is 42.5 Å². The largest absolute Gasteiger partial charge is 0.494 e. The molecule has 2 unspecified atom stereocenters. The Bertz CT molecular complexity index is 748. The van der Waals surface area contributed by atoms with Gasteiger partial charge in [0, 0.05) is 6.54 Å². The molecule has 0 spiro atoms. The maximum atomic E-state index is 13.8. The second kappa shape index (κ2) is 7.01. The molecule has 0 bridgehead atoms. The minimum absolute atomic E-state index is 0.0757. The maximum absolute atomic E-state index is 13.8. The molecule has 4 nitrogen and oxygen atoms in total. The van der Waals surface area contributed by atoms with Gasteiger partial charge in [0.25, 0.3) is 0 Å². The fourth-order valence-electron chi connectivity index (χ4n) is 2.99. The van der Waals surface area contributed by atoms with Gasteiger partial charge in [0.15, 0.2) is 11.6 Å². The third-order valence-electron chi connectivity index (χ3n) is 4.43. The van der Waals surface area contributed by atoms with E-state index in [9.17, 15) is 9.18 Å². The van der Waals surface area contributed by atoms with Crippen molar-refractivity contribution < 1.29 is 13.9 Å². The highest BCUT2D eigenvalue weighted by molar-refractivity contribution is 5.82. The normalized spacial score (nSPS) is 17.7. The molecule has 1 heterocycles. The summed E-state index contributed by atoms with van der Waals surface area (Å²) in [5.41, 5.74) is 3.13. The Kier molecular flexibility index (Phi) is 4.81. The number of hydrogen-bond donors (Lipinski definition) is 2. The molecule has 0 radical (unpaired) electrons. The molecule has 0 aliphatic carbocycles. The predicted molar refractivity (Wildman–Crippen MR) is 90.3 cm³/mol. The summed E-state index contributed by atoms with van der Waals surface area (Å²) in [6, 6.07) is 12.3. The Morgan fingerprint density at radius 2 is 2.04 bits per heavy atom. The zero-order valence-electron chi connectivity index (χ0n) is 13.8. The molecule has 2 aromatic carbocycles. The molecule has 1 aliphatic heterocycles. The average molecular weight is 328 g/mol. The van der Waals surface area contributed by atoms with E-state index in [0.717, 1.165) is 0 Å². The first-order chi connectivity index (χ1) is 11.6. The van der Waals surface area contributed by atoms with Crippen molar-refractivity contribution in [2.45, 2.75) is 32.0 Å². The van der Waals surface area contributed by atoms with Crippen molar-refractivity contribution in [3.63, 3.8) is 0 Å². The highest BCUT2D eigenvalue weighted by Crippen LogP contribution is 2.22. The van der Waals surface area contributed by atoms with Crippen LogP contribution in [-0.4, -0.2) is 19.1 Å². The third-order valence-corrected chi connectivity index (χ3v) is 4.43. The summed E-state index contributed by atoms with van der Waals surface area (Å²) in [7, 11) is 1.43. The number of benzene rings is 2. The summed E-state index contributed by atoms with van der Waals surface area (Å²) in [5.74, 6) is -0.308. The quantitative estimate of drug-likeness (QED) is 0.907. The molecule has 0 saturated heterocycles. The fourth-order valence-corrected chi connectivity index (χ4v) is 2.99. The van der Waals surface area contributed by atoms with Crippen LogP contribution in [0.3, 0.4) is 0 Å². The van der Waals surface area contributed by atoms with E-state index in [1.54, 1.807) is 12.1 Å². The van der Waals surface area contributed by atoms with Crippen molar-refractivity contribution in [3.8, 4) is 5.75 Å². The van der Waals surface area contributed by atoms with E-state index in [0.29, 0.717) is 18.5 Å². The SMILES string of the molecule is COc1ccc(C(C)NC(=O)C2Cc3ccccc3CN2)cc1F. The first-order valence-electron chi connectivity index (χ1n) is 8.02. The lowest BCUT2D eigenvalue weighted by Gasteiger charge is -2.27. The van der Waals surface area contributed by atoms with Crippen LogP contribution in [0.25, 0.3) is 0 Å². The van der Waals surface area contributed by atoms with Crippen LogP contribution >= 0.6 is 0 Å². The number of fused-ring (bicyclic) bond motifs is 1. The lowest BCUT2D eigenvalue weighted by atomic mass is 9.95. The van der Waals surface area contributed by atoms with Gasteiger partial charge in [-0.2, -0.15) is 0 Å². The van der Waals surface area contributed by atoms with Crippen LogP contribution < -0.4 is 15.4 Å². The van der Waals surface area contributed by atoms with E-state index < -0.39 is 5.82 Å². The third kappa shape index (κ3) is 3.41. The molecule has 0 aromatic heterocycles. The van der Waals surface area contributed by atoms with Gasteiger partial charge >= 0.3 is 0 Å². The molecular weight excluding hydrogens is 307 g/mol. The van der Waals surface area contributed by atoms with Gasteiger partial charge in [0.1, 0.15) is 0 Å². The highest BCUT2D eigenvalue weighted by Gasteiger charge is 2.25. The number of halogens is 1. The van der Waals surface area contributed by atoms with Crippen LogP contribution in [-0.2, 0) is 17.8 Å². The first-order valence-corrected chi connectivity index (χ1v) is 8.02. The number of amides is 1. The van der Waals surface area contributed by atoms with E-state index in [1.165, 1.54) is 24.3 Å². The van der Waals surface area contributed by atoms with E-state index >= 15 is 0 Å². The molecule has 2 N–H and O–H groups in total. The van der Waals surface area contributed by atoms with Crippen molar-refractivity contribution in [1.29, 1.82) is 0 Å². The van der Waals surface area contributed by atoms with Crippen molar-refractivity contribution in [2.24, 2.45) is 0 Å². The van der Waals surface area contributed by atoms with Crippen LogP contribution in [0.4, 0.5) is 4.39 Å². The number of carbonyl (C=O) groups excluding carboxylic acids is 1. The van der Waals surface area contributed by atoms with E-state index in [1.807, 2.05) is 19.1 Å². The van der Waals surface area contributed by atoms with Gasteiger partial charge < -0.3 is 15.4 Å². The molecule has 5 heteroatoms. The second-order valence-corrected chi connectivity index (χ2v) is 6.03. The van der Waals surface area contributed by atoms with Crippen LogP contribution in [0, 0.1) is 5.82 Å². The summed E-state index contributed by atoms with van der Waals surface area (Å²) in [6.45, 7) is 2.52. The second-order valence-electron chi connectivity index (χ2n) is 6.03. The first kappa shape index (κ1) is 16.5. The van der Waals surface area contributed by atoms with E-state index in [2.05, 4.69) is 22.8 Å². The van der Waals surface area contributed by atoms with Crippen LogP contribution in [0.1, 0.15) is 29.7 Å². The van der Waals surface area contributed by atoms with Gasteiger partial charge in [-0.15, -0.1) is 0 Å². The van der Waals surface area contributed by atoms with Crippen molar-refractivity contribution in [2.75, 3.05) is 7.11 Å². The Balaban J connectivity index is 1.65. The van der Waals surface area contributed by atoms with Gasteiger partial charge in [-0.05, 0) is 42.2 Å². The zero-order chi connectivity index (χ0) is 17.1. The standard InChI is InChI=1S/C19H21FN2O2/c1-12(13-7-8-18(24-2)16(20)9-13)22-19(23)17-10-14-5-3-4-6-15(14)11-21-17/h3-9,12,17,21H,10-11H2,1-2H3,(H,22,23).